The molecular weight excluding hydrogens is 557 g/mol. The first-order chi connectivity index (χ1) is 20.2. The van der Waals surface area contributed by atoms with Crippen LogP contribution in [0, 0.1) is 0 Å². The van der Waals surface area contributed by atoms with Crippen molar-refractivity contribution in [1.29, 1.82) is 0 Å². The molecule has 1 fully saturated rings. The number of hydrogen-bond acceptors (Lipinski definition) is 10. The van der Waals surface area contributed by atoms with Gasteiger partial charge < -0.3 is 10.2 Å². The van der Waals surface area contributed by atoms with Crippen molar-refractivity contribution in [3.63, 3.8) is 0 Å². The van der Waals surface area contributed by atoms with Crippen LogP contribution in [0.15, 0.2) is 81.8 Å². The second-order valence-electron chi connectivity index (χ2n) is 9.59. The molecule has 0 atom stereocenters. The number of rotatable bonds is 9. The molecule has 2 aromatic heterocycles. The summed E-state index contributed by atoms with van der Waals surface area (Å²) in [4.78, 5) is 37.3. The van der Waals surface area contributed by atoms with Gasteiger partial charge in [-0.25, -0.2) is 9.97 Å². The Hall–Kier alpha value is -4.26. The molecular formula is C29H28N8O2S2. The van der Waals surface area contributed by atoms with Gasteiger partial charge in [0.2, 0.25) is 10.3 Å². The Kier molecular flexibility index (Phi) is 8.21. The van der Waals surface area contributed by atoms with E-state index in [2.05, 4.69) is 35.8 Å². The Bertz CT molecular complexity index is 1560. The summed E-state index contributed by atoms with van der Waals surface area (Å²) >= 11 is 2.70. The summed E-state index contributed by atoms with van der Waals surface area (Å²) in [7, 11) is 0. The van der Waals surface area contributed by atoms with Gasteiger partial charge in [-0.3, -0.25) is 15.0 Å². The zero-order valence-electron chi connectivity index (χ0n) is 22.2. The zero-order valence-corrected chi connectivity index (χ0v) is 23.8. The molecule has 0 aliphatic carbocycles. The van der Waals surface area contributed by atoms with E-state index in [-0.39, 0.29) is 17.5 Å². The van der Waals surface area contributed by atoms with Gasteiger partial charge in [-0.15, -0.1) is 22.7 Å². The quantitative estimate of drug-likeness (QED) is 0.276. The second kappa shape index (κ2) is 12.5. The maximum absolute atomic E-state index is 13.4. The molecule has 2 N–H and O–H groups in total. The highest BCUT2D eigenvalue weighted by molar-refractivity contribution is 7.14. The molecule has 6 rings (SSSR count). The van der Waals surface area contributed by atoms with E-state index >= 15 is 0 Å². The topological polar surface area (TPSA) is 115 Å². The molecule has 2 aliphatic heterocycles. The maximum atomic E-state index is 13.4. The Morgan fingerprint density at radius 3 is 2.54 bits per heavy atom. The van der Waals surface area contributed by atoms with Crippen molar-refractivity contribution in [3.05, 3.63) is 82.7 Å². The summed E-state index contributed by atoms with van der Waals surface area (Å²) in [5, 5.41) is 17.9. The molecule has 41 heavy (non-hydrogen) atoms. The van der Waals surface area contributed by atoms with E-state index in [4.69, 9.17) is 0 Å². The molecule has 10 nitrogen and oxygen atoms in total. The lowest BCUT2D eigenvalue weighted by atomic mass is 10.1. The minimum absolute atomic E-state index is 0.0869. The molecule has 12 heteroatoms. The average Bonchev–Trinajstić information content (AvgIpc) is 3.78. The van der Waals surface area contributed by atoms with Crippen molar-refractivity contribution < 1.29 is 9.59 Å². The fraction of sp³-hybridized carbons (Fsp3) is 0.241. The first-order valence-corrected chi connectivity index (χ1v) is 15.2. The first kappa shape index (κ1) is 26.9. The lowest BCUT2D eigenvalue weighted by Gasteiger charge is -2.26. The van der Waals surface area contributed by atoms with Gasteiger partial charge in [-0.1, -0.05) is 48.9 Å². The SMILES string of the molecule is O=C(NCCN1CCCCC1)c1ccc(-c2csc(N3N=C(c4ccccc4)/C(=N\Nc4nccs4)C3=O)n2)cc1. The van der Waals surface area contributed by atoms with Crippen LogP contribution in [0.25, 0.3) is 11.3 Å². The fourth-order valence-electron chi connectivity index (χ4n) is 4.70. The van der Waals surface area contributed by atoms with Crippen molar-refractivity contribution >= 4 is 56.2 Å². The summed E-state index contributed by atoms with van der Waals surface area (Å²) in [6.45, 7) is 3.73. The number of nitrogens with zero attached hydrogens (tertiary/aromatic N) is 6. The number of aromatic nitrogens is 2. The minimum atomic E-state index is -0.384. The predicted octanol–water partition coefficient (Wildman–Crippen LogP) is 4.70. The number of carbonyl (C=O) groups excluding carboxylic acids is 2. The number of likely N-dealkylation sites (tertiary alicyclic amines) is 1. The lowest BCUT2D eigenvalue weighted by Crippen LogP contribution is -2.37. The number of carbonyl (C=O) groups is 2. The number of hydrogen-bond donors (Lipinski definition) is 2. The zero-order chi connectivity index (χ0) is 28.0. The Balaban J connectivity index is 1.15. The Morgan fingerprint density at radius 1 is 0.976 bits per heavy atom. The first-order valence-electron chi connectivity index (χ1n) is 13.4. The normalized spacial score (nSPS) is 16.7. The summed E-state index contributed by atoms with van der Waals surface area (Å²) < 4.78 is 0. The second-order valence-corrected chi connectivity index (χ2v) is 11.3. The smallest absolute Gasteiger partial charge is 0.303 e. The van der Waals surface area contributed by atoms with E-state index in [0.717, 1.165) is 30.8 Å². The van der Waals surface area contributed by atoms with Crippen molar-refractivity contribution in [3.8, 4) is 11.3 Å². The highest BCUT2D eigenvalue weighted by Crippen LogP contribution is 2.30. The summed E-state index contributed by atoms with van der Waals surface area (Å²) in [6, 6.07) is 16.8. The monoisotopic (exact) mass is 584 g/mol. The van der Waals surface area contributed by atoms with Crippen molar-refractivity contribution in [2.24, 2.45) is 10.2 Å². The molecule has 208 valence electrons. The Labute approximate surface area is 245 Å². The van der Waals surface area contributed by atoms with Gasteiger partial charge in [0.15, 0.2) is 5.71 Å². The minimum Gasteiger partial charge on any atom is -0.351 e. The Morgan fingerprint density at radius 2 is 1.78 bits per heavy atom. The third-order valence-corrected chi connectivity index (χ3v) is 8.33. The van der Waals surface area contributed by atoms with E-state index in [1.807, 2.05) is 53.2 Å². The molecule has 2 aliphatic rings. The predicted molar refractivity (Wildman–Crippen MR) is 164 cm³/mol. The van der Waals surface area contributed by atoms with Crippen LogP contribution in [-0.4, -0.2) is 64.3 Å². The van der Waals surface area contributed by atoms with Gasteiger partial charge in [0.1, 0.15) is 5.71 Å². The van der Waals surface area contributed by atoms with E-state index < -0.39 is 0 Å². The molecule has 2 aromatic carbocycles. The highest BCUT2D eigenvalue weighted by Gasteiger charge is 2.35. The molecule has 4 heterocycles. The van der Waals surface area contributed by atoms with E-state index in [9.17, 15) is 9.59 Å². The number of piperidine rings is 1. The van der Waals surface area contributed by atoms with Gasteiger partial charge in [0.25, 0.3) is 5.91 Å². The van der Waals surface area contributed by atoms with Crippen LogP contribution in [0.3, 0.4) is 0 Å². The van der Waals surface area contributed by atoms with Crippen molar-refractivity contribution in [2.45, 2.75) is 19.3 Å². The van der Waals surface area contributed by atoms with Crippen LogP contribution >= 0.6 is 22.7 Å². The van der Waals surface area contributed by atoms with Crippen LogP contribution in [-0.2, 0) is 4.79 Å². The van der Waals surface area contributed by atoms with Crippen molar-refractivity contribution in [1.82, 2.24) is 20.2 Å². The molecule has 2 amide bonds. The molecule has 4 aromatic rings. The van der Waals surface area contributed by atoms with Crippen LogP contribution in [0.5, 0.6) is 0 Å². The third-order valence-electron chi connectivity index (χ3n) is 6.84. The van der Waals surface area contributed by atoms with Crippen LogP contribution in [0.2, 0.25) is 0 Å². The molecule has 0 bridgehead atoms. The number of anilines is 2. The van der Waals surface area contributed by atoms with Crippen LogP contribution in [0.4, 0.5) is 10.3 Å². The number of amides is 2. The van der Waals surface area contributed by atoms with Gasteiger partial charge in [0.05, 0.1) is 5.69 Å². The summed E-state index contributed by atoms with van der Waals surface area (Å²) in [6.07, 6.45) is 5.43. The van der Waals surface area contributed by atoms with E-state index in [0.29, 0.717) is 33.8 Å². The van der Waals surface area contributed by atoms with Crippen LogP contribution < -0.4 is 15.8 Å². The average molecular weight is 585 g/mol. The molecule has 1 saturated heterocycles. The summed E-state index contributed by atoms with van der Waals surface area (Å²) in [5.41, 5.74) is 6.39. The lowest BCUT2D eigenvalue weighted by molar-refractivity contribution is -0.112. The maximum Gasteiger partial charge on any atom is 0.303 e. The van der Waals surface area contributed by atoms with Gasteiger partial charge in [-0.05, 0) is 38.1 Å². The number of nitrogens with one attached hydrogen (secondary N) is 2. The van der Waals surface area contributed by atoms with Gasteiger partial charge >= 0.3 is 5.91 Å². The highest BCUT2D eigenvalue weighted by atomic mass is 32.1. The fourth-order valence-corrected chi connectivity index (χ4v) is 5.95. The molecule has 0 unspecified atom stereocenters. The standard InChI is InChI=1S/C29H28N8O2S2/c38-26(30-13-17-36-15-5-2-6-16-36)22-11-9-20(10-12-22)23-19-41-29(32-23)37-27(39)25(33-34-28-31-14-18-40-28)24(35-37)21-7-3-1-4-8-21/h1,3-4,7-12,14,18-19H,2,5-6,13,15-17H2,(H,30,38)(H,31,34)/b33-25+. The number of thiazole rings is 2. The van der Waals surface area contributed by atoms with Crippen LogP contribution in [0.1, 0.15) is 35.2 Å². The van der Waals surface area contributed by atoms with E-state index in [1.54, 1.807) is 18.3 Å². The largest absolute Gasteiger partial charge is 0.351 e. The summed E-state index contributed by atoms with van der Waals surface area (Å²) in [5.74, 6) is -0.471. The van der Waals surface area contributed by atoms with Gasteiger partial charge in [-0.2, -0.15) is 15.2 Å². The molecule has 0 radical (unpaired) electrons. The van der Waals surface area contributed by atoms with Gasteiger partial charge in [0, 0.05) is 46.7 Å². The number of hydrazone groups is 2. The van der Waals surface area contributed by atoms with Crippen molar-refractivity contribution in [2.75, 3.05) is 36.6 Å². The number of benzene rings is 2. The van der Waals surface area contributed by atoms with E-state index in [1.165, 1.54) is 46.9 Å². The third kappa shape index (κ3) is 6.24. The molecule has 0 saturated carbocycles. The molecule has 0 spiro atoms.